The van der Waals surface area contributed by atoms with Crippen molar-refractivity contribution < 1.29 is 13.9 Å². The van der Waals surface area contributed by atoms with Crippen LogP contribution in [0.25, 0.3) is 0 Å². The Labute approximate surface area is 122 Å². The number of halogens is 1. The molecule has 0 atom stereocenters. The molecule has 1 aliphatic rings. The maximum atomic E-state index is 13.5. The Bertz CT molecular complexity index is 659. The molecule has 4 heteroatoms. The standard InChI is InChI=1S/C17H16FNO2/c1-21-17(20)15-7-6-13(18)10-16(15)19-14-8-11-4-2-3-5-12(11)9-14/h2-7,10,14,19H,8-9H2,1H3. The molecular formula is C17H16FNO2. The van der Waals surface area contributed by atoms with Crippen LogP contribution in [0.4, 0.5) is 10.1 Å². The molecule has 1 N–H and O–H groups in total. The molecule has 0 aliphatic heterocycles. The highest BCUT2D eigenvalue weighted by Crippen LogP contribution is 2.26. The molecule has 0 amide bonds. The van der Waals surface area contributed by atoms with E-state index in [1.54, 1.807) is 0 Å². The lowest BCUT2D eigenvalue weighted by atomic mass is 10.1. The third-order valence-electron chi connectivity index (χ3n) is 3.80. The lowest BCUT2D eigenvalue weighted by molar-refractivity contribution is 0.0601. The van der Waals surface area contributed by atoms with Gasteiger partial charge in [-0.15, -0.1) is 0 Å². The molecule has 0 saturated heterocycles. The summed E-state index contributed by atoms with van der Waals surface area (Å²) in [6.07, 6.45) is 1.74. The first-order valence-electron chi connectivity index (χ1n) is 6.88. The Balaban J connectivity index is 1.83. The number of methoxy groups -OCH3 is 1. The molecule has 3 nitrogen and oxygen atoms in total. The number of fused-ring (bicyclic) bond motifs is 1. The number of nitrogens with one attached hydrogen (secondary N) is 1. The largest absolute Gasteiger partial charge is 0.465 e. The lowest BCUT2D eigenvalue weighted by Crippen LogP contribution is -2.21. The Hall–Kier alpha value is -2.36. The fraction of sp³-hybridized carbons (Fsp3) is 0.235. The van der Waals surface area contributed by atoms with Gasteiger partial charge in [0.05, 0.1) is 18.4 Å². The summed E-state index contributed by atoms with van der Waals surface area (Å²) in [5.74, 6) is -0.839. The van der Waals surface area contributed by atoms with Crippen molar-refractivity contribution in [2.45, 2.75) is 18.9 Å². The van der Waals surface area contributed by atoms with Gasteiger partial charge >= 0.3 is 5.97 Å². The smallest absolute Gasteiger partial charge is 0.339 e. The lowest BCUT2D eigenvalue weighted by Gasteiger charge is -2.16. The van der Waals surface area contributed by atoms with E-state index in [-0.39, 0.29) is 11.9 Å². The van der Waals surface area contributed by atoms with E-state index in [0.29, 0.717) is 11.3 Å². The fourth-order valence-electron chi connectivity index (χ4n) is 2.80. The normalized spacial score (nSPS) is 13.8. The van der Waals surface area contributed by atoms with Gasteiger partial charge in [-0.3, -0.25) is 0 Å². The maximum absolute atomic E-state index is 13.5. The molecular weight excluding hydrogens is 269 g/mol. The maximum Gasteiger partial charge on any atom is 0.339 e. The molecule has 0 fully saturated rings. The van der Waals surface area contributed by atoms with Crippen LogP contribution >= 0.6 is 0 Å². The highest BCUT2D eigenvalue weighted by Gasteiger charge is 2.22. The first-order chi connectivity index (χ1) is 10.2. The SMILES string of the molecule is COC(=O)c1ccc(F)cc1NC1Cc2ccccc2C1. The minimum atomic E-state index is -0.465. The Morgan fingerprint density at radius 3 is 2.48 bits per heavy atom. The Morgan fingerprint density at radius 1 is 1.19 bits per heavy atom. The molecule has 21 heavy (non-hydrogen) atoms. The van der Waals surface area contributed by atoms with Crippen LogP contribution in [0.2, 0.25) is 0 Å². The quantitative estimate of drug-likeness (QED) is 0.880. The molecule has 0 unspecified atom stereocenters. The van der Waals surface area contributed by atoms with Gasteiger partial charge in [0, 0.05) is 6.04 Å². The van der Waals surface area contributed by atoms with Crippen molar-refractivity contribution in [3.05, 3.63) is 65.0 Å². The van der Waals surface area contributed by atoms with Crippen LogP contribution < -0.4 is 5.32 Å². The van der Waals surface area contributed by atoms with Crippen molar-refractivity contribution in [1.29, 1.82) is 0 Å². The zero-order valence-corrected chi connectivity index (χ0v) is 11.7. The second-order valence-corrected chi connectivity index (χ2v) is 5.20. The summed E-state index contributed by atoms with van der Waals surface area (Å²) in [7, 11) is 1.32. The van der Waals surface area contributed by atoms with E-state index >= 15 is 0 Å². The van der Waals surface area contributed by atoms with Crippen LogP contribution in [-0.2, 0) is 17.6 Å². The number of anilines is 1. The second-order valence-electron chi connectivity index (χ2n) is 5.20. The number of hydrogen-bond donors (Lipinski definition) is 1. The van der Waals surface area contributed by atoms with Crippen molar-refractivity contribution in [2.75, 3.05) is 12.4 Å². The third-order valence-corrected chi connectivity index (χ3v) is 3.80. The number of carbonyl (C=O) groups is 1. The van der Waals surface area contributed by atoms with Crippen LogP contribution in [0.3, 0.4) is 0 Å². The molecule has 0 bridgehead atoms. The number of rotatable bonds is 3. The minimum Gasteiger partial charge on any atom is -0.465 e. The van der Waals surface area contributed by atoms with Gasteiger partial charge in [-0.1, -0.05) is 24.3 Å². The molecule has 0 spiro atoms. The van der Waals surface area contributed by atoms with Gasteiger partial charge in [0.25, 0.3) is 0 Å². The predicted molar refractivity (Wildman–Crippen MR) is 79.0 cm³/mol. The van der Waals surface area contributed by atoms with Gasteiger partial charge in [-0.25, -0.2) is 9.18 Å². The average molecular weight is 285 g/mol. The van der Waals surface area contributed by atoms with Crippen molar-refractivity contribution in [1.82, 2.24) is 0 Å². The number of carbonyl (C=O) groups excluding carboxylic acids is 1. The summed E-state index contributed by atoms with van der Waals surface area (Å²) in [5, 5.41) is 3.27. The summed E-state index contributed by atoms with van der Waals surface area (Å²) in [5.41, 5.74) is 3.44. The number of esters is 1. The van der Waals surface area contributed by atoms with Crippen molar-refractivity contribution in [3.8, 4) is 0 Å². The highest BCUT2D eigenvalue weighted by atomic mass is 19.1. The van der Waals surface area contributed by atoms with Crippen molar-refractivity contribution >= 4 is 11.7 Å². The molecule has 1 aliphatic carbocycles. The molecule has 0 saturated carbocycles. The van der Waals surface area contributed by atoms with E-state index in [0.717, 1.165) is 12.8 Å². The van der Waals surface area contributed by atoms with E-state index in [4.69, 9.17) is 4.74 Å². The van der Waals surface area contributed by atoms with Crippen molar-refractivity contribution in [3.63, 3.8) is 0 Å². The van der Waals surface area contributed by atoms with E-state index in [1.807, 2.05) is 12.1 Å². The first kappa shape index (κ1) is 13.6. The van der Waals surface area contributed by atoms with Crippen LogP contribution in [-0.4, -0.2) is 19.1 Å². The molecule has 2 aromatic carbocycles. The number of benzene rings is 2. The predicted octanol–water partition coefficient (Wildman–Crippen LogP) is 3.19. The fourth-order valence-corrected chi connectivity index (χ4v) is 2.80. The summed E-state index contributed by atoms with van der Waals surface area (Å²) < 4.78 is 18.2. The van der Waals surface area contributed by atoms with Gasteiger partial charge in [0.1, 0.15) is 5.82 Å². The molecule has 2 aromatic rings. The van der Waals surface area contributed by atoms with Crippen LogP contribution in [0.15, 0.2) is 42.5 Å². The van der Waals surface area contributed by atoms with Gasteiger partial charge in [0.2, 0.25) is 0 Å². The topological polar surface area (TPSA) is 38.3 Å². The van der Waals surface area contributed by atoms with Crippen molar-refractivity contribution in [2.24, 2.45) is 0 Å². The van der Waals surface area contributed by atoms with Crippen LogP contribution in [0, 0.1) is 5.82 Å². The Morgan fingerprint density at radius 2 is 1.86 bits per heavy atom. The van der Waals surface area contributed by atoms with Gasteiger partial charge in [-0.2, -0.15) is 0 Å². The second kappa shape index (κ2) is 5.56. The zero-order chi connectivity index (χ0) is 14.8. The summed E-state index contributed by atoms with van der Waals surface area (Å²) >= 11 is 0. The Kier molecular flexibility index (Phi) is 3.60. The van der Waals surface area contributed by atoms with Crippen LogP contribution in [0.5, 0.6) is 0 Å². The summed E-state index contributed by atoms with van der Waals surface area (Å²) in [6.45, 7) is 0. The summed E-state index contributed by atoms with van der Waals surface area (Å²) in [6, 6.07) is 12.5. The van der Waals surface area contributed by atoms with Gasteiger partial charge < -0.3 is 10.1 Å². The monoisotopic (exact) mass is 285 g/mol. The molecule has 3 rings (SSSR count). The van der Waals surface area contributed by atoms with Gasteiger partial charge in [-0.05, 0) is 42.2 Å². The van der Waals surface area contributed by atoms with E-state index in [1.165, 1.54) is 36.4 Å². The van der Waals surface area contributed by atoms with E-state index in [2.05, 4.69) is 17.4 Å². The third kappa shape index (κ3) is 2.75. The van der Waals surface area contributed by atoms with E-state index < -0.39 is 5.97 Å². The molecule has 0 heterocycles. The first-order valence-corrected chi connectivity index (χ1v) is 6.88. The average Bonchev–Trinajstić information content (AvgIpc) is 2.89. The van der Waals surface area contributed by atoms with Gasteiger partial charge in [0.15, 0.2) is 0 Å². The molecule has 0 radical (unpaired) electrons. The molecule has 108 valence electrons. The molecule has 0 aromatic heterocycles. The number of ether oxygens (including phenoxy) is 1. The zero-order valence-electron chi connectivity index (χ0n) is 11.7. The van der Waals surface area contributed by atoms with E-state index in [9.17, 15) is 9.18 Å². The summed E-state index contributed by atoms with van der Waals surface area (Å²) in [4.78, 5) is 11.8. The minimum absolute atomic E-state index is 0.160. The van der Waals surface area contributed by atoms with Crippen LogP contribution in [0.1, 0.15) is 21.5 Å². The highest BCUT2D eigenvalue weighted by molar-refractivity contribution is 5.95. The number of hydrogen-bond acceptors (Lipinski definition) is 3.